The van der Waals surface area contributed by atoms with Crippen LogP contribution in [0.5, 0.6) is 0 Å². The molecule has 0 bridgehead atoms. The van der Waals surface area contributed by atoms with Gasteiger partial charge in [-0.15, -0.1) is 0 Å². The van der Waals surface area contributed by atoms with Crippen LogP contribution in [0.25, 0.3) is 0 Å². The van der Waals surface area contributed by atoms with Crippen LogP contribution < -0.4 is 10.6 Å². The topological polar surface area (TPSA) is 64.2 Å². The third-order valence-corrected chi connectivity index (χ3v) is 3.45. The van der Waals surface area contributed by atoms with Crippen LogP contribution in [0, 0.1) is 0 Å². The van der Waals surface area contributed by atoms with E-state index in [0.29, 0.717) is 24.5 Å². The molecule has 1 aliphatic rings. The maximum Gasteiger partial charge on any atom is 0.280 e. The van der Waals surface area contributed by atoms with Crippen LogP contribution in [0.3, 0.4) is 0 Å². The fourth-order valence-corrected chi connectivity index (χ4v) is 2.44. The highest BCUT2D eigenvalue weighted by atomic mass is 16.2. The Labute approximate surface area is 111 Å². The van der Waals surface area contributed by atoms with E-state index in [0.717, 1.165) is 12.1 Å². The number of anilines is 2. The predicted octanol–water partition coefficient (Wildman–Crippen LogP) is 1.69. The van der Waals surface area contributed by atoms with E-state index in [4.69, 9.17) is 5.73 Å². The Morgan fingerprint density at radius 1 is 1.42 bits per heavy atom. The summed E-state index contributed by atoms with van der Waals surface area (Å²) in [5.74, 6) is -0.116. The lowest BCUT2D eigenvalue weighted by Gasteiger charge is -2.16. The molecule has 5 heteroatoms. The van der Waals surface area contributed by atoms with Gasteiger partial charge in [0.05, 0.1) is 5.69 Å². The zero-order valence-corrected chi connectivity index (χ0v) is 10.8. The molecule has 98 valence electrons. The summed E-state index contributed by atoms with van der Waals surface area (Å²) in [6, 6.07) is 7.95. The van der Waals surface area contributed by atoms with Gasteiger partial charge in [-0.1, -0.05) is 18.2 Å². The van der Waals surface area contributed by atoms with Crippen molar-refractivity contribution in [2.24, 2.45) is 0 Å². The molecule has 2 N–H and O–H groups in total. The van der Waals surface area contributed by atoms with Gasteiger partial charge in [-0.25, -0.2) is 0 Å². The second-order valence-corrected chi connectivity index (χ2v) is 4.62. The zero-order chi connectivity index (χ0) is 13.4. The van der Waals surface area contributed by atoms with Gasteiger partial charge in [0, 0.05) is 25.0 Å². The molecule has 1 aromatic heterocycles. The van der Waals surface area contributed by atoms with Gasteiger partial charge in [0.2, 0.25) is 0 Å². The third kappa shape index (κ3) is 1.87. The molecular weight excluding hydrogens is 240 g/mol. The number of hydrogen-bond acceptors (Lipinski definition) is 3. The minimum Gasteiger partial charge on any atom is -0.396 e. The first-order valence-corrected chi connectivity index (χ1v) is 6.43. The average molecular weight is 256 g/mol. The molecule has 1 aromatic carbocycles. The molecule has 0 saturated heterocycles. The number of nitrogen functional groups attached to an aromatic ring is 1. The predicted molar refractivity (Wildman–Crippen MR) is 74.1 cm³/mol. The summed E-state index contributed by atoms with van der Waals surface area (Å²) in [6.45, 7) is 3.36. The van der Waals surface area contributed by atoms with Gasteiger partial charge < -0.3 is 10.6 Å². The second-order valence-electron chi connectivity index (χ2n) is 4.62. The maximum absolute atomic E-state index is 12.5. The summed E-state index contributed by atoms with van der Waals surface area (Å²) in [4.78, 5) is 14.3. The van der Waals surface area contributed by atoms with Crippen molar-refractivity contribution in [3.63, 3.8) is 0 Å². The van der Waals surface area contributed by atoms with Crippen LogP contribution in [-0.2, 0) is 13.0 Å². The summed E-state index contributed by atoms with van der Waals surface area (Å²) in [5, 5.41) is 4.25. The molecule has 3 rings (SSSR count). The van der Waals surface area contributed by atoms with Crippen molar-refractivity contribution in [1.82, 2.24) is 9.78 Å². The molecule has 1 amide bonds. The number of nitrogens with zero attached hydrogens (tertiary/aromatic N) is 3. The molecule has 5 nitrogen and oxygen atoms in total. The number of aromatic nitrogens is 2. The Bertz CT molecular complexity index is 632. The Morgan fingerprint density at radius 3 is 2.95 bits per heavy atom. The summed E-state index contributed by atoms with van der Waals surface area (Å²) < 4.78 is 1.69. The zero-order valence-electron chi connectivity index (χ0n) is 10.8. The number of carbonyl (C=O) groups is 1. The normalized spacial score (nSPS) is 13.6. The number of amides is 1. The molecule has 0 aliphatic carbocycles. The minimum atomic E-state index is -0.116. The lowest BCUT2D eigenvalue weighted by atomic mass is 10.2. The molecule has 0 saturated carbocycles. The number of para-hydroxylation sites is 1. The molecule has 0 atom stereocenters. The molecule has 2 aromatic rings. The Balaban J connectivity index is 1.95. The second kappa shape index (κ2) is 4.42. The van der Waals surface area contributed by atoms with Gasteiger partial charge in [-0.2, -0.15) is 5.10 Å². The van der Waals surface area contributed by atoms with Crippen LogP contribution in [0.2, 0.25) is 0 Å². The molecule has 0 fully saturated rings. The first-order chi connectivity index (χ1) is 9.20. The lowest BCUT2D eigenvalue weighted by molar-refractivity contribution is 0.0984. The van der Waals surface area contributed by atoms with E-state index < -0.39 is 0 Å². The van der Waals surface area contributed by atoms with Crippen LogP contribution in [0.4, 0.5) is 11.4 Å². The maximum atomic E-state index is 12.5. The number of nitrogens with two attached hydrogens (primary N) is 1. The van der Waals surface area contributed by atoms with Crippen molar-refractivity contribution in [3.05, 3.63) is 41.7 Å². The monoisotopic (exact) mass is 256 g/mol. The summed E-state index contributed by atoms with van der Waals surface area (Å²) in [6.07, 6.45) is 2.59. The van der Waals surface area contributed by atoms with Crippen LogP contribution >= 0.6 is 0 Å². The van der Waals surface area contributed by atoms with Crippen molar-refractivity contribution in [1.29, 1.82) is 0 Å². The smallest absolute Gasteiger partial charge is 0.280 e. The molecule has 19 heavy (non-hydrogen) atoms. The number of rotatable bonds is 2. The van der Waals surface area contributed by atoms with Gasteiger partial charge in [-0.05, 0) is 25.0 Å². The number of aryl methyl sites for hydroxylation is 1. The fourth-order valence-electron chi connectivity index (χ4n) is 2.44. The van der Waals surface area contributed by atoms with Gasteiger partial charge in [0.25, 0.3) is 5.91 Å². The van der Waals surface area contributed by atoms with Crippen LogP contribution in [-0.4, -0.2) is 22.2 Å². The molecule has 0 spiro atoms. The van der Waals surface area contributed by atoms with E-state index in [9.17, 15) is 4.79 Å². The van der Waals surface area contributed by atoms with Gasteiger partial charge in [0.15, 0.2) is 5.69 Å². The van der Waals surface area contributed by atoms with Crippen molar-refractivity contribution < 1.29 is 4.79 Å². The van der Waals surface area contributed by atoms with E-state index in [1.54, 1.807) is 15.8 Å². The Morgan fingerprint density at radius 2 is 2.21 bits per heavy atom. The fraction of sp³-hybridized carbons (Fsp3) is 0.286. The van der Waals surface area contributed by atoms with Gasteiger partial charge in [-0.3, -0.25) is 9.48 Å². The molecule has 0 unspecified atom stereocenters. The van der Waals surface area contributed by atoms with E-state index in [1.807, 2.05) is 25.1 Å². The number of hydrogen-bond donors (Lipinski definition) is 1. The highest BCUT2D eigenvalue weighted by molar-refractivity contribution is 6.08. The number of carbonyl (C=O) groups excluding carboxylic acids is 1. The molecular formula is C14H16N4O. The van der Waals surface area contributed by atoms with Crippen molar-refractivity contribution in [2.75, 3.05) is 17.2 Å². The molecule has 2 heterocycles. The van der Waals surface area contributed by atoms with Crippen molar-refractivity contribution in [2.45, 2.75) is 19.9 Å². The van der Waals surface area contributed by atoms with E-state index >= 15 is 0 Å². The SMILES string of the molecule is CCn1cc(N)c(C(=O)N2CCc3ccccc32)n1. The minimum absolute atomic E-state index is 0.116. The average Bonchev–Trinajstić information content (AvgIpc) is 3.01. The van der Waals surface area contributed by atoms with E-state index in [2.05, 4.69) is 11.2 Å². The van der Waals surface area contributed by atoms with E-state index in [-0.39, 0.29) is 5.91 Å². The summed E-state index contributed by atoms with van der Waals surface area (Å²) in [7, 11) is 0. The van der Waals surface area contributed by atoms with Crippen LogP contribution in [0.1, 0.15) is 23.0 Å². The molecule has 1 aliphatic heterocycles. The van der Waals surface area contributed by atoms with Gasteiger partial charge in [0.1, 0.15) is 0 Å². The van der Waals surface area contributed by atoms with Crippen molar-refractivity contribution >= 4 is 17.3 Å². The van der Waals surface area contributed by atoms with E-state index in [1.165, 1.54) is 5.56 Å². The van der Waals surface area contributed by atoms with Crippen molar-refractivity contribution in [3.8, 4) is 0 Å². The van der Waals surface area contributed by atoms with Crippen LogP contribution in [0.15, 0.2) is 30.5 Å². The largest absolute Gasteiger partial charge is 0.396 e. The standard InChI is InChI=1S/C14H16N4O/c1-2-17-9-11(15)13(16-17)14(19)18-8-7-10-5-3-4-6-12(10)18/h3-6,9H,2,7-8,15H2,1H3. The first kappa shape index (κ1) is 11.8. The quantitative estimate of drug-likeness (QED) is 0.889. The highest BCUT2D eigenvalue weighted by Gasteiger charge is 2.28. The highest BCUT2D eigenvalue weighted by Crippen LogP contribution is 2.29. The third-order valence-electron chi connectivity index (χ3n) is 3.45. The first-order valence-electron chi connectivity index (χ1n) is 6.43. The summed E-state index contributed by atoms with van der Waals surface area (Å²) in [5.41, 5.74) is 8.83. The Hall–Kier alpha value is -2.30. The number of fused-ring (bicyclic) bond motifs is 1. The Kier molecular flexibility index (Phi) is 2.74. The van der Waals surface area contributed by atoms with Gasteiger partial charge >= 0.3 is 0 Å². The molecule has 0 radical (unpaired) electrons. The summed E-state index contributed by atoms with van der Waals surface area (Å²) >= 11 is 0. The lowest BCUT2D eigenvalue weighted by Crippen LogP contribution is -2.30. The number of benzene rings is 1.